The van der Waals surface area contributed by atoms with Crippen molar-refractivity contribution in [3.8, 4) is 0 Å². The minimum absolute atomic E-state index is 0.00535. The molecule has 0 aromatic heterocycles. The van der Waals surface area contributed by atoms with E-state index in [4.69, 9.17) is 0 Å². The SMILES string of the molecule is C[C@@]1(c2ccccc2)CC(=O)N(CCC(=O)N[C@@H]2CCS(=O)(=O)C2)C1=O. The molecule has 0 radical (unpaired) electrons. The van der Waals surface area contributed by atoms with Crippen LogP contribution in [0.3, 0.4) is 0 Å². The van der Waals surface area contributed by atoms with E-state index in [-0.39, 0.29) is 54.7 Å². The van der Waals surface area contributed by atoms with Gasteiger partial charge in [-0.1, -0.05) is 30.3 Å². The predicted molar refractivity (Wildman–Crippen MR) is 94.9 cm³/mol. The summed E-state index contributed by atoms with van der Waals surface area (Å²) in [6, 6.07) is 8.75. The van der Waals surface area contributed by atoms with Crippen molar-refractivity contribution < 1.29 is 22.8 Å². The smallest absolute Gasteiger partial charge is 0.240 e. The van der Waals surface area contributed by atoms with Crippen LogP contribution >= 0.6 is 0 Å². The largest absolute Gasteiger partial charge is 0.352 e. The molecular formula is C18H22N2O5S. The van der Waals surface area contributed by atoms with Crippen molar-refractivity contribution in [1.29, 1.82) is 0 Å². The molecule has 1 aromatic carbocycles. The van der Waals surface area contributed by atoms with Crippen LogP contribution in [0.25, 0.3) is 0 Å². The van der Waals surface area contributed by atoms with Crippen LogP contribution in [0, 0.1) is 0 Å². The number of rotatable bonds is 5. The second-order valence-corrected chi connectivity index (χ2v) is 9.37. The average molecular weight is 378 g/mol. The van der Waals surface area contributed by atoms with Crippen molar-refractivity contribution in [2.45, 2.75) is 37.6 Å². The summed E-state index contributed by atoms with van der Waals surface area (Å²) in [5, 5.41) is 2.67. The number of carbonyl (C=O) groups excluding carboxylic acids is 3. The number of benzene rings is 1. The highest BCUT2D eigenvalue weighted by molar-refractivity contribution is 7.91. The molecule has 1 aromatic rings. The zero-order valence-electron chi connectivity index (χ0n) is 14.6. The van der Waals surface area contributed by atoms with Gasteiger partial charge in [-0.3, -0.25) is 19.3 Å². The van der Waals surface area contributed by atoms with E-state index in [0.717, 1.165) is 10.5 Å². The lowest BCUT2D eigenvalue weighted by molar-refractivity contribution is -0.140. The van der Waals surface area contributed by atoms with Gasteiger partial charge in [-0.05, 0) is 18.9 Å². The molecule has 0 bridgehead atoms. The predicted octanol–water partition coefficient (Wildman–Crippen LogP) is 0.397. The Kier molecular flexibility index (Phi) is 4.88. The molecule has 7 nitrogen and oxygen atoms in total. The first kappa shape index (κ1) is 18.6. The Morgan fingerprint density at radius 3 is 2.58 bits per heavy atom. The van der Waals surface area contributed by atoms with Crippen molar-refractivity contribution in [2.75, 3.05) is 18.1 Å². The molecule has 2 aliphatic heterocycles. The van der Waals surface area contributed by atoms with Gasteiger partial charge in [0.05, 0.1) is 16.9 Å². The third kappa shape index (κ3) is 3.65. The third-order valence-corrected chi connectivity index (χ3v) is 6.86. The summed E-state index contributed by atoms with van der Waals surface area (Å²) in [4.78, 5) is 38.3. The number of carbonyl (C=O) groups is 3. The fourth-order valence-corrected chi connectivity index (χ4v) is 5.24. The van der Waals surface area contributed by atoms with Gasteiger partial charge in [-0.25, -0.2) is 8.42 Å². The van der Waals surface area contributed by atoms with Crippen LogP contribution < -0.4 is 5.32 Å². The van der Waals surface area contributed by atoms with Crippen molar-refractivity contribution in [2.24, 2.45) is 0 Å². The molecule has 0 unspecified atom stereocenters. The summed E-state index contributed by atoms with van der Waals surface area (Å²) in [6.45, 7) is 1.75. The maximum atomic E-state index is 12.8. The molecule has 3 amide bonds. The molecule has 2 saturated heterocycles. The quantitative estimate of drug-likeness (QED) is 0.748. The monoisotopic (exact) mass is 378 g/mol. The Morgan fingerprint density at radius 1 is 1.27 bits per heavy atom. The summed E-state index contributed by atoms with van der Waals surface area (Å²) >= 11 is 0. The Balaban J connectivity index is 1.59. The van der Waals surface area contributed by atoms with Crippen LogP contribution in [0.5, 0.6) is 0 Å². The van der Waals surface area contributed by atoms with Gasteiger partial charge >= 0.3 is 0 Å². The van der Waals surface area contributed by atoms with E-state index in [2.05, 4.69) is 5.32 Å². The molecule has 8 heteroatoms. The number of hydrogen-bond acceptors (Lipinski definition) is 5. The number of hydrogen-bond donors (Lipinski definition) is 1. The first-order chi connectivity index (χ1) is 12.2. The number of nitrogens with zero attached hydrogens (tertiary/aromatic N) is 1. The Hall–Kier alpha value is -2.22. The van der Waals surface area contributed by atoms with Crippen molar-refractivity contribution in [1.82, 2.24) is 10.2 Å². The van der Waals surface area contributed by atoms with E-state index in [0.29, 0.717) is 6.42 Å². The number of amides is 3. The van der Waals surface area contributed by atoms with Crippen LogP contribution in [-0.4, -0.2) is 55.1 Å². The fourth-order valence-electron chi connectivity index (χ4n) is 3.56. The van der Waals surface area contributed by atoms with E-state index in [1.165, 1.54) is 0 Å². The maximum absolute atomic E-state index is 12.8. The zero-order valence-corrected chi connectivity index (χ0v) is 15.4. The Bertz CT molecular complexity index is 836. The van der Waals surface area contributed by atoms with Crippen LogP contribution in [0.15, 0.2) is 30.3 Å². The van der Waals surface area contributed by atoms with Crippen molar-refractivity contribution in [3.63, 3.8) is 0 Å². The average Bonchev–Trinajstić information content (AvgIpc) is 3.04. The number of sulfone groups is 1. The van der Waals surface area contributed by atoms with Gasteiger partial charge < -0.3 is 5.32 Å². The minimum Gasteiger partial charge on any atom is -0.352 e. The van der Waals surface area contributed by atoms with E-state index in [1.54, 1.807) is 6.92 Å². The zero-order chi connectivity index (χ0) is 18.9. The molecule has 2 fully saturated rings. The molecule has 1 N–H and O–H groups in total. The number of likely N-dealkylation sites (tertiary alicyclic amines) is 1. The summed E-state index contributed by atoms with van der Waals surface area (Å²) < 4.78 is 22.9. The van der Waals surface area contributed by atoms with Gasteiger partial charge in [0.2, 0.25) is 17.7 Å². The lowest BCUT2D eigenvalue weighted by Gasteiger charge is -2.22. The first-order valence-corrected chi connectivity index (χ1v) is 10.4. The summed E-state index contributed by atoms with van der Waals surface area (Å²) in [6.07, 6.45) is 0.457. The number of nitrogens with one attached hydrogen (secondary N) is 1. The highest BCUT2D eigenvalue weighted by Gasteiger charge is 2.49. The number of imide groups is 1. The van der Waals surface area contributed by atoms with Crippen LogP contribution in [-0.2, 0) is 29.6 Å². The normalized spacial score (nSPS) is 27.7. The van der Waals surface area contributed by atoms with E-state index in [9.17, 15) is 22.8 Å². The van der Waals surface area contributed by atoms with Crippen molar-refractivity contribution >= 4 is 27.6 Å². The molecule has 140 valence electrons. The summed E-state index contributed by atoms with van der Waals surface area (Å²) in [5.74, 6) is -0.911. The van der Waals surface area contributed by atoms with Gasteiger partial charge in [0.25, 0.3) is 0 Å². The molecule has 0 aliphatic carbocycles. The molecule has 26 heavy (non-hydrogen) atoms. The van der Waals surface area contributed by atoms with Gasteiger partial charge in [0, 0.05) is 25.4 Å². The molecule has 2 heterocycles. The standard InChI is InChI=1S/C18H22N2O5S/c1-18(13-5-3-2-4-6-13)11-16(22)20(17(18)23)9-7-15(21)19-14-8-10-26(24,25)12-14/h2-6,14H,7-12H2,1H3,(H,19,21)/t14-,18+/m1/s1. The summed E-state index contributed by atoms with van der Waals surface area (Å²) in [5.41, 5.74) is -0.129. The molecule has 0 saturated carbocycles. The topological polar surface area (TPSA) is 101 Å². The Labute approximate surface area is 152 Å². The minimum atomic E-state index is -3.07. The lowest BCUT2D eigenvalue weighted by atomic mass is 9.81. The molecule has 3 rings (SSSR count). The highest BCUT2D eigenvalue weighted by atomic mass is 32.2. The van der Waals surface area contributed by atoms with E-state index in [1.807, 2.05) is 30.3 Å². The van der Waals surface area contributed by atoms with Gasteiger partial charge in [0.15, 0.2) is 9.84 Å². The summed E-state index contributed by atoms with van der Waals surface area (Å²) in [7, 11) is -3.07. The second kappa shape index (κ2) is 6.83. The molecule has 2 atom stereocenters. The maximum Gasteiger partial charge on any atom is 0.240 e. The van der Waals surface area contributed by atoms with Crippen LogP contribution in [0.4, 0.5) is 0 Å². The van der Waals surface area contributed by atoms with Gasteiger partial charge in [-0.15, -0.1) is 0 Å². The van der Waals surface area contributed by atoms with E-state index >= 15 is 0 Å². The fraction of sp³-hybridized carbons (Fsp3) is 0.500. The third-order valence-electron chi connectivity index (χ3n) is 5.09. The van der Waals surface area contributed by atoms with Gasteiger partial charge in [0.1, 0.15) is 0 Å². The first-order valence-electron chi connectivity index (χ1n) is 8.61. The van der Waals surface area contributed by atoms with Gasteiger partial charge in [-0.2, -0.15) is 0 Å². The van der Waals surface area contributed by atoms with Crippen LogP contribution in [0.1, 0.15) is 31.7 Å². The molecule has 2 aliphatic rings. The Morgan fingerprint density at radius 2 is 1.96 bits per heavy atom. The molecule has 0 spiro atoms. The van der Waals surface area contributed by atoms with Crippen LogP contribution in [0.2, 0.25) is 0 Å². The van der Waals surface area contributed by atoms with E-state index < -0.39 is 15.3 Å². The van der Waals surface area contributed by atoms with Crippen molar-refractivity contribution in [3.05, 3.63) is 35.9 Å². The molecular weight excluding hydrogens is 356 g/mol. The highest BCUT2D eigenvalue weighted by Crippen LogP contribution is 2.36. The lowest BCUT2D eigenvalue weighted by Crippen LogP contribution is -2.41. The second-order valence-electron chi connectivity index (χ2n) is 7.14.